The average molecular weight is 699 g/mol. The molecular weight excluding hydrogens is 656 g/mol. The van der Waals surface area contributed by atoms with E-state index in [2.05, 4.69) is 0 Å². The fourth-order valence-corrected chi connectivity index (χ4v) is 5.15. The lowest BCUT2D eigenvalue weighted by Gasteiger charge is -2.40. The zero-order valence-electron chi connectivity index (χ0n) is 27.4. The molecular formula is C32H42O17. The van der Waals surface area contributed by atoms with Crippen molar-refractivity contribution in [3.05, 3.63) is 41.5 Å². The maximum Gasteiger partial charge on any atom is 0.338 e. The van der Waals surface area contributed by atoms with Gasteiger partial charge in [-0.15, -0.1) is 0 Å². The van der Waals surface area contributed by atoms with E-state index in [9.17, 15) is 35.4 Å². The Kier molecular flexibility index (Phi) is 12.9. The molecule has 0 amide bonds. The molecule has 2 aromatic carbocycles. The molecule has 0 aliphatic carbocycles. The smallest absolute Gasteiger partial charge is 0.338 e. The fourth-order valence-electron chi connectivity index (χ4n) is 5.15. The molecule has 17 nitrogen and oxygen atoms in total. The summed E-state index contributed by atoms with van der Waals surface area (Å²) in [7, 11) is 5.29. The van der Waals surface area contributed by atoms with Crippen LogP contribution in [0.3, 0.4) is 0 Å². The minimum Gasteiger partial charge on any atom is -0.493 e. The standard InChI is InChI=1S/C32H42O17/c1-14-22(34)24(36)26(38)31(46-14)48-29-19(43-4)11-16(12-20(29)44-5)30(40)45-13-21-23(35)25(37)27(39)32(47-21)49-28-17(41-2)9-15(7-6-8-33)10-18(28)42-3/h6-7,9-12,14,21-27,31-39H,8,13H2,1-5H3/t14-,21+,22-,23+,24-,25+,26-,27+,31+,32-/m0/s1. The van der Waals surface area contributed by atoms with Gasteiger partial charge in [-0.3, -0.25) is 0 Å². The zero-order chi connectivity index (χ0) is 36.0. The summed E-state index contributed by atoms with van der Waals surface area (Å²) >= 11 is 0. The molecule has 2 aliphatic rings. The second-order valence-corrected chi connectivity index (χ2v) is 11.1. The molecule has 7 N–H and O–H groups in total. The van der Waals surface area contributed by atoms with Crippen LogP contribution in [0.4, 0.5) is 0 Å². The number of ether oxygens (including phenoxy) is 9. The van der Waals surface area contributed by atoms with E-state index in [1.54, 1.807) is 18.2 Å². The van der Waals surface area contributed by atoms with Crippen LogP contribution in [0.25, 0.3) is 6.08 Å². The van der Waals surface area contributed by atoms with Gasteiger partial charge in [-0.1, -0.05) is 12.2 Å². The third-order valence-electron chi connectivity index (χ3n) is 7.92. The predicted molar refractivity (Wildman–Crippen MR) is 166 cm³/mol. The minimum absolute atomic E-state index is 0.00215. The Balaban J connectivity index is 1.50. The lowest BCUT2D eigenvalue weighted by atomic mass is 9.99. The number of carbonyl (C=O) groups excluding carboxylic acids is 1. The molecule has 17 heteroatoms. The van der Waals surface area contributed by atoms with E-state index in [1.165, 1.54) is 53.6 Å². The van der Waals surface area contributed by atoms with Gasteiger partial charge in [0.1, 0.15) is 49.3 Å². The van der Waals surface area contributed by atoms with Crippen LogP contribution in [0, 0.1) is 0 Å². The van der Waals surface area contributed by atoms with Gasteiger partial charge < -0.3 is 78.4 Å². The molecule has 0 aromatic heterocycles. The SMILES string of the molecule is COc1cc(C(=O)OC[C@H]2O[C@@H](Oc3c(OC)cc(C=CCO)cc3OC)[C@H](O)[C@H](O)[C@@H]2O)cc(OC)c1O[C@H]1O[C@@H](C)[C@H](O)[C@H](O)[C@@H]1O. The minimum atomic E-state index is -1.78. The molecule has 2 aliphatic heterocycles. The number of carbonyl (C=O) groups is 1. The van der Waals surface area contributed by atoms with E-state index in [0.29, 0.717) is 5.56 Å². The van der Waals surface area contributed by atoms with Crippen LogP contribution in [0.1, 0.15) is 22.8 Å². The summed E-state index contributed by atoms with van der Waals surface area (Å²) in [6.07, 6.45) is -11.9. The Bertz CT molecular complexity index is 1400. The van der Waals surface area contributed by atoms with Gasteiger partial charge in [0.15, 0.2) is 23.0 Å². The van der Waals surface area contributed by atoms with Crippen LogP contribution in [-0.2, 0) is 14.2 Å². The van der Waals surface area contributed by atoms with Gasteiger partial charge in [0.25, 0.3) is 0 Å². The summed E-state index contributed by atoms with van der Waals surface area (Å²) in [5.74, 6) is -0.781. The van der Waals surface area contributed by atoms with Crippen LogP contribution < -0.4 is 28.4 Å². The molecule has 272 valence electrons. The summed E-state index contributed by atoms with van der Waals surface area (Å²) < 4.78 is 49.8. The highest BCUT2D eigenvalue weighted by Gasteiger charge is 2.46. The van der Waals surface area contributed by atoms with Crippen molar-refractivity contribution in [3.63, 3.8) is 0 Å². The normalized spacial score (nSPS) is 30.0. The molecule has 49 heavy (non-hydrogen) atoms. The lowest BCUT2D eigenvalue weighted by molar-refractivity contribution is -0.277. The summed E-state index contributed by atoms with van der Waals surface area (Å²) in [5.41, 5.74) is 0.500. The first kappa shape index (κ1) is 37.9. The van der Waals surface area contributed by atoms with Gasteiger partial charge in [0.2, 0.25) is 24.1 Å². The quantitative estimate of drug-likeness (QED) is 0.124. The summed E-state index contributed by atoms with van der Waals surface area (Å²) in [4.78, 5) is 13.2. The summed E-state index contributed by atoms with van der Waals surface area (Å²) in [6, 6.07) is 5.62. The topological polar surface area (TPSA) is 242 Å². The van der Waals surface area contributed by atoms with Crippen molar-refractivity contribution in [1.29, 1.82) is 0 Å². The highest BCUT2D eigenvalue weighted by Crippen LogP contribution is 2.42. The van der Waals surface area contributed by atoms with Crippen LogP contribution in [0.15, 0.2) is 30.3 Å². The number of aliphatic hydroxyl groups excluding tert-OH is 7. The Hall–Kier alpha value is -3.91. The monoisotopic (exact) mass is 698 g/mol. The van der Waals surface area contributed by atoms with Crippen LogP contribution in [0.5, 0.6) is 34.5 Å². The first-order valence-corrected chi connectivity index (χ1v) is 15.1. The van der Waals surface area contributed by atoms with Gasteiger partial charge in [0, 0.05) is 0 Å². The van der Waals surface area contributed by atoms with Gasteiger partial charge >= 0.3 is 5.97 Å². The molecule has 2 aromatic rings. The van der Waals surface area contributed by atoms with Gasteiger partial charge in [-0.05, 0) is 36.8 Å². The summed E-state index contributed by atoms with van der Waals surface area (Å²) in [5, 5.41) is 71.6. The van der Waals surface area contributed by atoms with E-state index < -0.39 is 74.0 Å². The van der Waals surface area contributed by atoms with Crippen molar-refractivity contribution in [1.82, 2.24) is 0 Å². The molecule has 0 spiro atoms. The molecule has 2 fully saturated rings. The highest BCUT2D eigenvalue weighted by molar-refractivity contribution is 5.91. The Morgan fingerprint density at radius 3 is 1.65 bits per heavy atom. The molecule has 0 bridgehead atoms. The van der Waals surface area contributed by atoms with E-state index in [-0.39, 0.29) is 46.7 Å². The highest BCUT2D eigenvalue weighted by atomic mass is 16.7. The number of hydrogen-bond donors (Lipinski definition) is 7. The van der Waals surface area contributed by atoms with Crippen molar-refractivity contribution in [2.45, 2.75) is 68.3 Å². The van der Waals surface area contributed by atoms with Gasteiger partial charge in [-0.2, -0.15) is 0 Å². The largest absolute Gasteiger partial charge is 0.493 e. The second kappa shape index (κ2) is 16.7. The Morgan fingerprint density at radius 2 is 1.16 bits per heavy atom. The van der Waals surface area contributed by atoms with Crippen molar-refractivity contribution >= 4 is 12.0 Å². The van der Waals surface area contributed by atoms with E-state index >= 15 is 0 Å². The van der Waals surface area contributed by atoms with Gasteiger partial charge in [0.05, 0.1) is 46.7 Å². The van der Waals surface area contributed by atoms with E-state index in [4.69, 9.17) is 47.7 Å². The number of esters is 1. The fraction of sp³-hybridized carbons (Fsp3) is 0.531. The van der Waals surface area contributed by atoms with E-state index in [1.807, 2.05) is 0 Å². The third kappa shape index (κ3) is 8.29. The van der Waals surface area contributed by atoms with E-state index in [0.717, 1.165) is 0 Å². The van der Waals surface area contributed by atoms with Crippen molar-refractivity contribution in [2.75, 3.05) is 41.7 Å². The molecule has 0 saturated carbocycles. The van der Waals surface area contributed by atoms with Crippen LogP contribution in [-0.4, -0.2) is 145 Å². The molecule has 0 radical (unpaired) electrons. The number of aliphatic hydroxyl groups is 7. The average Bonchev–Trinajstić information content (AvgIpc) is 3.11. The lowest BCUT2D eigenvalue weighted by Crippen LogP contribution is -2.60. The molecule has 2 saturated heterocycles. The molecule has 10 atom stereocenters. The Labute approximate surface area is 281 Å². The van der Waals surface area contributed by atoms with Crippen molar-refractivity contribution in [2.24, 2.45) is 0 Å². The number of rotatable bonds is 13. The first-order chi connectivity index (χ1) is 23.4. The van der Waals surface area contributed by atoms with Crippen molar-refractivity contribution < 1.29 is 83.2 Å². The summed E-state index contributed by atoms with van der Waals surface area (Å²) in [6.45, 7) is 0.678. The number of methoxy groups -OCH3 is 4. The number of benzene rings is 2. The maximum atomic E-state index is 13.2. The molecule has 2 heterocycles. The predicted octanol–water partition coefficient (Wildman–Crippen LogP) is -1.02. The Morgan fingerprint density at radius 1 is 0.694 bits per heavy atom. The second-order valence-electron chi connectivity index (χ2n) is 11.1. The van der Waals surface area contributed by atoms with Crippen molar-refractivity contribution in [3.8, 4) is 34.5 Å². The molecule has 4 rings (SSSR count). The van der Waals surface area contributed by atoms with Crippen LogP contribution in [0.2, 0.25) is 0 Å². The number of hydrogen-bond acceptors (Lipinski definition) is 17. The van der Waals surface area contributed by atoms with Gasteiger partial charge in [-0.25, -0.2) is 4.79 Å². The first-order valence-electron chi connectivity index (χ1n) is 15.1. The molecule has 0 unspecified atom stereocenters. The zero-order valence-corrected chi connectivity index (χ0v) is 27.4. The van der Waals surface area contributed by atoms with Crippen LogP contribution >= 0.6 is 0 Å². The maximum absolute atomic E-state index is 13.2. The third-order valence-corrected chi connectivity index (χ3v) is 7.92.